The molecule has 1 amide bonds. The molecule has 0 saturated carbocycles. The number of halogens is 2. The lowest BCUT2D eigenvalue weighted by Gasteiger charge is -2.15. The number of methoxy groups -OCH3 is 1. The summed E-state index contributed by atoms with van der Waals surface area (Å²) in [5.74, 6) is -2.10. The van der Waals surface area contributed by atoms with Crippen LogP contribution >= 0.6 is 11.8 Å². The van der Waals surface area contributed by atoms with Crippen LogP contribution in [0, 0.1) is 5.92 Å². The van der Waals surface area contributed by atoms with Crippen molar-refractivity contribution >= 4 is 23.4 Å². The number of carbonyl (C=O) groups excluding carboxylic acids is 1. The molecule has 110 valence electrons. The Labute approximate surface area is 121 Å². The maximum absolute atomic E-state index is 12.9. The fraction of sp³-hybridized carbons (Fsp3) is 0.500. The molecule has 2 rings (SSSR count). The first-order valence-electron chi connectivity index (χ1n) is 6.38. The van der Waals surface area contributed by atoms with E-state index in [-0.39, 0.29) is 18.7 Å². The second-order valence-electron chi connectivity index (χ2n) is 4.97. The van der Waals surface area contributed by atoms with Crippen LogP contribution in [-0.2, 0) is 4.79 Å². The van der Waals surface area contributed by atoms with Crippen LogP contribution in [0.3, 0.4) is 0 Å². The van der Waals surface area contributed by atoms with Gasteiger partial charge in [-0.15, -0.1) is 11.8 Å². The molecule has 0 spiro atoms. The van der Waals surface area contributed by atoms with Crippen molar-refractivity contribution in [1.82, 2.24) is 0 Å². The smallest absolute Gasteiger partial charge is 0.245 e. The van der Waals surface area contributed by atoms with Crippen LogP contribution in [0.5, 0.6) is 5.75 Å². The molecule has 1 N–H and O–H groups in total. The summed E-state index contributed by atoms with van der Waals surface area (Å²) in [6, 6.07) is 5.38. The summed E-state index contributed by atoms with van der Waals surface area (Å²) >= 11 is 1.49. The normalized spacial score (nSPS) is 19.0. The molecule has 0 bridgehead atoms. The lowest BCUT2D eigenvalue weighted by Crippen LogP contribution is -2.25. The molecule has 1 unspecified atom stereocenters. The first-order valence-corrected chi connectivity index (χ1v) is 7.37. The van der Waals surface area contributed by atoms with Crippen molar-refractivity contribution in [2.45, 2.75) is 30.6 Å². The van der Waals surface area contributed by atoms with Gasteiger partial charge in [-0.3, -0.25) is 4.79 Å². The first kappa shape index (κ1) is 15.1. The highest BCUT2D eigenvalue weighted by atomic mass is 32.2. The van der Waals surface area contributed by atoms with Gasteiger partial charge in [0.2, 0.25) is 11.8 Å². The van der Waals surface area contributed by atoms with E-state index in [4.69, 9.17) is 4.74 Å². The van der Waals surface area contributed by atoms with Gasteiger partial charge in [0, 0.05) is 23.0 Å². The Bertz CT molecular complexity index is 502. The number of thioether (sulfide) groups is 1. The minimum absolute atomic E-state index is 0.188. The molecular weight excluding hydrogens is 284 g/mol. The quantitative estimate of drug-likeness (QED) is 0.919. The zero-order valence-corrected chi connectivity index (χ0v) is 12.2. The van der Waals surface area contributed by atoms with Crippen LogP contribution in [0.15, 0.2) is 23.1 Å². The molecule has 1 aliphatic rings. The van der Waals surface area contributed by atoms with Crippen LogP contribution in [-0.4, -0.2) is 24.7 Å². The first-order chi connectivity index (χ1) is 9.39. The van der Waals surface area contributed by atoms with Crippen LogP contribution < -0.4 is 10.1 Å². The van der Waals surface area contributed by atoms with Gasteiger partial charge in [0.1, 0.15) is 5.75 Å². The minimum atomic E-state index is -2.73. The summed E-state index contributed by atoms with van der Waals surface area (Å²) in [6.07, 6.45) is -0.0846. The average Bonchev–Trinajstić information content (AvgIpc) is 2.53. The number of benzene rings is 1. The number of ether oxygens (including phenoxy) is 1. The second-order valence-corrected chi connectivity index (χ2v) is 6.03. The van der Waals surface area contributed by atoms with E-state index in [1.54, 1.807) is 19.2 Å². The molecule has 3 nitrogen and oxygen atoms in total. The Morgan fingerprint density at radius 3 is 2.90 bits per heavy atom. The fourth-order valence-electron chi connectivity index (χ4n) is 2.00. The Balaban J connectivity index is 2.08. The molecule has 0 radical (unpaired) electrons. The average molecular weight is 301 g/mol. The van der Waals surface area contributed by atoms with E-state index in [9.17, 15) is 13.6 Å². The van der Waals surface area contributed by atoms with Gasteiger partial charge in [-0.2, -0.15) is 0 Å². The third-order valence-electron chi connectivity index (χ3n) is 3.19. The zero-order chi connectivity index (χ0) is 14.8. The van der Waals surface area contributed by atoms with E-state index < -0.39 is 11.8 Å². The third-order valence-corrected chi connectivity index (χ3v) is 4.41. The summed E-state index contributed by atoms with van der Waals surface area (Å²) < 4.78 is 31.0. The highest BCUT2D eigenvalue weighted by Gasteiger charge is 2.28. The molecule has 1 aromatic rings. The van der Waals surface area contributed by atoms with Gasteiger partial charge >= 0.3 is 0 Å². The van der Waals surface area contributed by atoms with Gasteiger partial charge in [-0.25, -0.2) is 8.78 Å². The zero-order valence-electron chi connectivity index (χ0n) is 11.4. The van der Waals surface area contributed by atoms with E-state index >= 15 is 0 Å². The van der Waals surface area contributed by atoms with Crippen molar-refractivity contribution in [3.05, 3.63) is 18.2 Å². The van der Waals surface area contributed by atoms with Gasteiger partial charge in [0.15, 0.2) is 0 Å². The summed E-state index contributed by atoms with van der Waals surface area (Å²) in [6.45, 7) is 0.883. The van der Waals surface area contributed by atoms with Crippen molar-refractivity contribution in [3.63, 3.8) is 0 Å². The number of nitrogens with one attached hydrogen (secondary N) is 1. The summed E-state index contributed by atoms with van der Waals surface area (Å²) in [5, 5.41) is 2.80. The molecule has 1 aliphatic heterocycles. The molecule has 1 aromatic carbocycles. The number of anilines is 1. The third kappa shape index (κ3) is 3.85. The largest absolute Gasteiger partial charge is 0.497 e. The molecule has 0 saturated heterocycles. The van der Waals surface area contributed by atoms with Crippen LogP contribution in [0.25, 0.3) is 0 Å². The number of hydrogen-bond donors (Lipinski definition) is 1. The molecular formula is C14H17F2NO2S. The van der Waals surface area contributed by atoms with Crippen molar-refractivity contribution in [3.8, 4) is 5.75 Å². The van der Waals surface area contributed by atoms with E-state index in [0.717, 1.165) is 11.8 Å². The van der Waals surface area contributed by atoms with Gasteiger partial charge < -0.3 is 10.1 Å². The molecule has 6 heteroatoms. The van der Waals surface area contributed by atoms with Gasteiger partial charge in [0.25, 0.3) is 0 Å². The highest BCUT2D eigenvalue weighted by molar-refractivity contribution is 7.99. The Morgan fingerprint density at radius 2 is 2.25 bits per heavy atom. The Hall–Kier alpha value is -1.30. The number of alkyl halides is 2. The predicted molar refractivity (Wildman–Crippen MR) is 75.7 cm³/mol. The molecule has 1 heterocycles. The monoisotopic (exact) mass is 301 g/mol. The van der Waals surface area contributed by atoms with E-state index in [0.29, 0.717) is 17.2 Å². The molecule has 0 aliphatic carbocycles. The summed E-state index contributed by atoms with van der Waals surface area (Å²) in [5.41, 5.74) is 0.714. The van der Waals surface area contributed by atoms with Crippen LogP contribution in [0.1, 0.15) is 19.8 Å². The Kier molecular flexibility index (Phi) is 4.52. The second kappa shape index (κ2) is 5.99. The van der Waals surface area contributed by atoms with Crippen LogP contribution in [0.4, 0.5) is 14.5 Å². The number of carbonyl (C=O) groups is 1. The predicted octanol–water partition coefficient (Wildman–Crippen LogP) is 3.79. The molecule has 20 heavy (non-hydrogen) atoms. The number of rotatable bonds is 4. The van der Waals surface area contributed by atoms with Crippen LogP contribution in [0.2, 0.25) is 0 Å². The standard InChI is InChI=1S/C14H17F2NO2S/c1-14(15,16)6-5-9-8-20-12-7-10(19-2)3-4-11(12)17-13(9)18/h3-4,7,9H,5-6,8H2,1-2H3,(H,17,18). The minimum Gasteiger partial charge on any atom is -0.497 e. The lowest BCUT2D eigenvalue weighted by molar-refractivity contribution is -0.119. The van der Waals surface area contributed by atoms with E-state index in [2.05, 4.69) is 5.32 Å². The number of hydrogen-bond acceptors (Lipinski definition) is 3. The van der Waals surface area contributed by atoms with Crippen molar-refractivity contribution in [1.29, 1.82) is 0 Å². The van der Waals surface area contributed by atoms with Gasteiger partial charge in [-0.05, 0) is 31.5 Å². The molecule has 0 aromatic heterocycles. The lowest BCUT2D eigenvalue weighted by atomic mass is 10.0. The SMILES string of the molecule is COc1ccc2c(c1)SCC(CCC(C)(F)F)C(=O)N2. The van der Waals surface area contributed by atoms with E-state index in [1.807, 2.05) is 6.07 Å². The number of fused-ring (bicyclic) bond motifs is 1. The fourth-order valence-corrected chi connectivity index (χ4v) is 3.17. The maximum Gasteiger partial charge on any atom is 0.245 e. The Morgan fingerprint density at radius 1 is 1.50 bits per heavy atom. The van der Waals surface area contributed by atoms with E-state index in [1.165, 1.54) is 11.8 Å². The topological polar surface area (TPSA) is 38.3 Å². The summed E-state index contributed by atoms with van der Waals surface area (Å²) in [4.78, 5) is 13.0. The van der Waals surface area contributed by atoms with Gasteiger partial charge in [-0.1, -0.05) is 0 Å². The molecule has 1 atom stereocenters. The molecule has 0 fully saturated rings. The van der Waals surface area contributed by atoms with Gasteiger partial charge in [0.05, 0.1) is 12.8 Å². The van der Waals surface area contributed by atoms with Crippen molar-refractivity contribution < 1.29 is 18.3 Å². The maximum atomic E-state index is 12.9. The number of amides is 1. The highest BCUT2D eigenvalue weighted by Crippen LogP contribution is 2.36. The summed E-state index contributed by atoms with van der Waals surface area (Å²) in [7, 11) is 1.58. The van der Waals surface area contributed by atoms with Crippen molar-refractivity contribution in [2.24, 2.45) is 5.92 Å². The van der Waals surface area contributed by atoms with Crippen molar-refractivity contribution in [2.75, 3.05) is 18.2 Å².